The van der Waals surface area contributed by atoms with Gasteiger partial charge in [0.2, 0.25) is 5.91 Å². The molecule has 0 bridgehead atoms. The molecule has 0 spiro atoms. The van der Waals surface area contributed by atoms with Gasteiger partial charge in [-0.15, -0.1) is 12.4 Å². The van der Waals surface area contributed by atoms with E-state index in [0.29, 0.717) is 12.3 Å². The molecule has 0 aliphatic heterocycles. The molecule has 1 aliphatic rings. The van der Waals surface area contributed by atoms with Gasteiger partial charge in [0.1, 0.15) is 0 Å². The molecule has 0 aromatic heterocycles. The summed E-state index contributed by atoms with van der Waals surface area (Å²) in [7, 11) is 0. The smallest absolute Gasteiger partial charge is 0.224 e. The van der Waals surface area contributed by atoms with E-state index in [1.807, 2.05) is 24.3 Å². The Hall–Kier alpha value is -0.580. The molecular weight excluding hydrogens is 316 g/mol. The first kappa shape index (κ1) is 15.5. The van der Waals surface area contributed by atoms with Crippen molar-refractivity contribution in [3.05, 3.63) is 28.7 Å². The van der Waals surface area contributed by atoms with Crippen LogP contribution in [0.4, 0.5) is 5.69 Å². The van der Waals surface area contributed by atoms with Crippen molar-refractivity contribution in [3.8, 4) is 0 Å². The van der Waals surface area contributed by atoms with Crippen LogP contribution in [0.5, 0.6) is 0 Å². The summed E-state index contributed by atoms with van der Waals surface area (Å²) in [5.41, 5.74) is 6.79. The van der Waals surface area contributed by atoms with Gasteiger partial charge in [-0.25, -0.2) is 0 Å². The summed E-state index contributed by atoms with van der Waals surface area (Å²) in [5, 5.41) is 2.90. The third-order valence-electron chi connectivity index (χ3n) is 3.29. The topological polar surface area (TPSA) is 55.1 Å². The van der Waals surface area contributed by atoms with Crippen molar-refractivity contribution < 1.29 is 4.79 Å². The fraction of sp³-hybridized carbons (Fsp3) is 0.462. The number of rotatable bonds is 3. The number of amides is 1. The lowest BCUT2D eigenvalue weighted by Crippen LogP contribution is -2.28. The number of carbonyl (C=O) groups excluding carboxylic acids is 1. The third-order valence-corrected chi connectivity index (χ3v) is 3.82. The van der Waals surface area contributed by atoms with E-state index in [1.54, 1.807) is 0 Å². The van der Waals surface area contributed by atoms with Gasteiger partial charge >= 0.3 is 0 Å². The number of anilines is 1. The van der Waals surface area contributed by atoms with Gasteiger partial charge in [0.15, 0.2) is 0 Å². The number of halogens is 2. The van der Waals surface area contributed by atoms with Crippen LogP contribution in [-0.2, 0) is 4.79 Å². The van der Waals surface area contributed by atoms with Crippen molar-refractivity contribution in [2.75, 3.05) is 5.32 Å². The molecule has 18 heavy (non-hydrogen) atoms. The monoisotopic (exact) mass is 332 g/mol. The van der Waals surface area contributed by atoms with E-state index in [4.69, 9.17) is 5.73 Å². The Balaban J connectivity index is 0.00000162. The Morgan fingerprint density at radius 2 is 2.00 bits per heavy atom. The first-order valence-corrected chi connectivity index (χ1v) is 6.75. The van der Waals surface area contributed by atoms with Crippen LogP contribution < -0.4 is 11.1 Å². The maximum Gasteiger partial charge on any atom is 0.224 e. The largest absolute Gasteiger partial charge is 0.327 e. The lowest BCUT2D eigenvalue weighted by Gasteiger charge is -2.14. The van der Waals surface area contributed by atoms with Gasteiger partial charge in [-0.05, 0) is 43.0 Å². The zero-order valence-corrected chi connectivity index (χ0v) is 12.5. The van der Waals surface area contributed by atoms with E-state index in [9.17, 15) is 4.79 Å². The molecule has 0 unspecified atom stereocenters. The molecule has 1 saturated carbocycles. The van der Waals surface area contributed by atoms with E-state index < -0.39 is 0 Å². The summed E-state index contributed by atoms with van der Waals surface area (Å²) in [6, 6.07) is 7.80. The van der Waals surface area contributed by atoms with Crippen LogP contribution >= 0.6 is 28.3 Å². The Morgan fingerprint density at radius 3 is 2.56 bits per heavy atom. The van der Waals surface area contributed by atoms with Crippen LogP contribution in [0.1, 0.15) is 25.7 Å². The van der Waals surface area contributed by atoms with Crippen molar-refractivity contribution in [1.82, 2.24) is 0 Å². The highest BCUT2D eigenvalue weighted by Crippen LogP contribution is 2.27. The van der Waals surface area contributed by atoms with Crippen LogP contribution in [0.15, 0.2) is 28.7 Å². The molecule has 1 aromatic rings. The molecule has 1 amide bonds. The Morgan fingerprint density at radius 1 is 1.33 bits per heavy atom. The zero-order chi connectivity index (χ0) is 12.3. The normalized spacial score (nSPS) is 22.3. The van der Waals surface area contributed by atoms with E-state index in [2.05, 4.69) is 21.2 Å². The SMILES string of the molecule is Cl.N[C@@H]1CCC[C@H]1CC(=O)Nc1ccc(Br)cc1. The maximum absolute atomic E-state index is 11.8. The molecule has 2 atom stereocenters. The van der Waals surface area contributed by atoms with Crippen LogP contribution in [0.25, 0.3) is 0 Å². The van der Waals surface area contributed by atoms with Gasteiger partial charge in [-0.3, -0.25) is 4.79 Å². The lowest BCUT2D eigenvalue weighted by molar-refractivity contribution is -0.117. The minimum atomic E-state index is 0. The summed E-state index contributed by atoms with van der Waals surface area (Å²) in [5.74, 6) is 0.417. The van der Waals surface area contributed by atoms with Crippen molar-refractivity contribution in [1.29, 1.82) is 0 Å². The zero-order valence-electron chi connectivity index (χ0n) is 10.1. The summed E-state index contributed by atoms with van der Waals surface area (Å²) in [6.07, 6.45) is 3.82. The minimum absolute atomic E-state index is 0. The summed E-state index contributed by atoms with van der Waals surface area (Å²) in [4.78, 5) is 11.8. The molecular formula is C13H18BrClN2O. The second kappa shape index (κ2) is 7.12. The summed E-state index contributed by atoms with van der Waals surface area (Å²) in [6.45, 7) is 0. The van der Waals surface area contributed by atoms with E-state index >= 15 is 0 Å². The average molecular weight is 334 g/mol. The van der Waals surface area contributed by atoms with Crippen molar-refractivity contribution >= 4 is 39.9 Å². The van der Waals surface area contributed by atoms with Gasteiger partial charge in [0.05, 0.1) is 0 Å². The Labute approximate surface area is 122 Å². The van der Waals surface area contributed by atoms with Gasteiger partial charge in [-0.2, -0.15) is 0 Å². The van der Waals surface area contributed by atoms with Gasteiger partial charge < -0.3 is 11.1 Å². The molecule has 0 radical (unpaired) electrons. The first-order valence-electron chi connectivity index (χ1n) is 5.96. The molecule has 0 heterocycles. The Kier molecular flexibility index (Phi) is 6.12. The van der Waals surface area contributed by atoms with Crippen LogP contribution in [0, 0.1) is 5.92 Å². The van der Waals surface area contributed by atoms with Crippen LogP contribution in [0.3, 0.4) is 0 Å². The van der Waals surface area contributed by atoms with Gasteiger partial charge in [-0.1, -0.05) is 22.4 Å². The molecule has 2 rings (SSSR count). The molecule has 1 aromatic carbocycles. The standard InChI is InChI=1S/C13H17BrN2O.ClH/c14-10-4-6-11(7-5-10)16-13(17)8-9-2-1-3-12(9)15;/h4-7,9,12H,1-3,8,15H2,(H,16,17);1H/t9-,12+;/m0./s1. The Bertz CT molecular complexity index is 396. The summed E-state index contributed by atoms with van der Waals surface area (Å²) < 4.78 is 1.01. The highest BCUT2D eigenvalue weighted by molar-refractivity contribution is 9.10. The van der Waals surface area contributed by atoms with E-state index in [1.165, 1.54) is 0 Å². The van der Waals surface area contributed by atoms with Crippen molar-refractivity contribution in [3.63, 3.8) is 0 Å². The van der Waals surface area contributed by atoms with E-state index in [-0.39, 0.29) is 24.4 Å². The number of hydrogen-bond donors (Lipinski definition) is 2. The fourth-order valence-electron chi connectivity index (χ4n) is 2.30. The summed E-state index contributed by atoms with van der Waals surface area (Å²) >= 11 is 3.36. The van der Waals surface area contributed by atoms with Crippen molar-refractivity contribution in [2.24, 2.45) is 11.7 Å². The number of carbonyl (C=O) groups is 1. The predicted octanol–water partition coefficient (Wildman–Crippen LogP) is 3.33. The molecule has 3 nitrogen and oxygen atoms in total. The quantitative estimate of drug-likeness (QED) is 0.891. The van der Waals surface area contributed by atoms with Gasteiger partial charge in [0.25, 0.3) is 0 Å². The second-order valence-corrected chi connectivity index (χ2v) is 5.53. The molecule has 1 fully saturated rings. The molecule has 1 aliphatic carbocycles. The lowest BCUT2D eigenvalue weighted by atomic mass is 10.00. The highest BCUT2D eigenvalue weighted by Gasteiger charge is 2.25. The number of nitrogens with two attached hydrogens (primary N) is 1. The molecule has 100 valence electrons. The van der Waals surface area contributed by atoms with Crippen LogP contribution in [-0.4, -0.2) is 11.9 Å². The predicted molar refractivity (Wildman–Crippen MR) is 80.0 cm³/mol. The van der Waals surface area contributed by atoms with Gasteiger partial charge in [0, 0.05) is 22.6 Å². The number of hydrogen-bond acceptors (Lipinski definition) is 2. The minimum Gasteiger partial charge on any atom is -0.327 e. The van der Waals surface area contributed by atoms with Crippen molar-refractivity contribution in [2.45, 2.75) is 31.7 Å². The molecule has 5 heteroatoms. The fourth-order valence-corrected chi connectivity index (χ4v) is 2.57. The third kappa shape index (κ3) is 4.26. The molecule has 3 N–H and O–H groups in total. The second-order valence-electron chi connectivity index (χ2n) is 4.61. The number of nitrogens with one attached hydrogen (secondary N) is 1. The maximum atomic E-state index is 11.8. The average Bonchev–Trinajstić information content (AvgIpc) is 2.68. The first-order chi connectivity index (χ1) is 8.15. The highest BCUT2D eigenvalue weighted by atomic mass is 79.9. The molecule has 0 saturated heterocycles. The van der Waals surface area contributed by atoms with E-state index in [0.717, 1.165) is 29.4 Å². The van der Waals surface area contributed by atoms with Crippen LogP contribution in [0.2, 0.25) is 0 Å². The number of benzene rings is 1.